The van der Waals surface area contributed by atoms with E-state index < -0.39 is 58.1 Å². The van der Waals surface area contributed by atoms with Crippen LogP contribution < -0.4 is 5.32 Å². The third-order valence-corrected chi connectivity index (χ3v) is 11.5. The van der Waals surface area contributed by atoms with Crippen LogP contribution >= 0.6 is 0 Å². The highest BCUT2D eigenvalue weighted by Gasteiger charge is 2.55. The van der Waals surface area contributed by atoms with Crippen LogP contribution in [0.2, 0.25) is 0 Å². The molecule has 10 atom stereocenters. The molecule has 0 aromatic heterocycles. The Bertz CT molecular complexity index is 1380. The standard InChI is InChI=1S/C38H59NO10/c1-10-26(35-22(6)19-38(12-3,49-35)29-16-17-37(47,11-2)24(8)48-29)34(44)23(7)32(42)20(4)14-13-15-28(41)30-27(39-25(9)40)18-21(5)33(43)31(30)36(45)46/h18,20,22-24,26,29,32,35,42-43,47H,10-17,19H2,1-9H3,(H,39,40)(H,45,46). The van der Waals surface area contributed by atoms with E-state index in [1.807, 2.05) is 27.7 Å². The van der Waals surface area contributed by atoms with E-state index in [0.717, 1.165) is 12.8 Å². The van der Waals surface area contributed by atoms with Crippen molar-refractivity contribution >= 4 is 29.1 Å². The summed E-state index contributed by atoms with van der Waals surface area (Å²) in [5, 5.41) is 45.0. The summed E-state index contributed by atoms with van der Waals surface area (Å²) in [6.45, 7) is 16.3. The molecule has 0 spiro atoms. The fourth-order valence-corrected chi connectivity index (χ4v) is 8.18. The van der Waals surface area contributed by atoms with Crippen molar-refractivity contribution in [1.29, 1.82) is 0 Å². The highest BCUT2D eigenvalue weighted by Crippen LogP contribution is 2.48. The molecule has 0 saturated carbocycles. The van der Waals surface area contributed by atoms with E-state index in [-0.39, 0.29) is 65.6 Å². The lowest BCUT2D eigenvalue weighted by Gasteiger charge is -2.47. The Balaban J connectivity index is 1.68. The van der Waals surface area contributed by atoms with Gasteiger partial charge in [0.1, 0.15) is 17.1 Å². The van der Waals surface area contributed by atoms with Crippen molar-refractivity contribution in [2.45, 2.75) is 156 Å². The molecule has 2 saturated heterocycles. The number of ketones is 2. The molecule has 3 rings (SSSR count). The van der Waals surface area contributed by atoms with Gasteiger partial charge in [-0.05, 0) is 88.7 Å². The van der Waals surface area contributed by atoms with Crippen molar-refractivity contribution in [3.63, 3.8) is 0 Å². The number of aliphatic hydroxyl groups is 2. The number of rotatable bonds is 16. The number of hydrogen-bond donors (Lipinski definition) is 5. The molecule has 0 aliphatic carbocycles. The second-order valence-corrected chi connectivity index (χ2v) is 14.8. The number of ether oxygens (including phenoxy) is 2. The van der Waals surface area contributed by atoms with Crippen LogP contribution in [0.4, 0.5) is 5.69 Å². The van der Waals surface area contributed by atoms with Gasteiger partial charge in [0.05, 0.1) is 46.9 Å². The van der Waals surface area contributed by atoms with Crippen LogP contribution in [0.15, 0.2) is 6.07 Å². The van der Waals surface area contributed by atoms with Gasteiger partial charge < -0.3 is 35.2 Å². The minimum absolute atomic E-state index is 0.0191. The molecule has 1 aromatic carbocycles. The molecule has 0 radical (unpaired) electrons. The van der Waals surface area contributed by atoms with Crippen LogP contribution in [0, 0.1) is 30.6 Å². The Morgan fingerprint density at radius 1 is 1.08 bits per heavy atom. The molecular weight excluding hydrogens is 630 g/mol. The average molecular weight is 690 g/mol. The molecule has 1 amide bonds. The second kappa shape index (κ2) is 16.4. The van der Waals surface area contributed by atoms with Crippen molar-refractivity contribution < 1.29 is 49.1 Å². The zero-order valence-corrected chi connectivity index (χ0v) is 30.8. The molecule has 49 heavy (non-hydrogen) atoms. The highest BCUT2D eigenvalue weighted by atomic mass is 16.6. The minimum atomic E-state index is -1.49. The first-order valence-corrected chi connectivity index (χ1v) is 18.1. The monoisotopic (exact) mass is 689 g/mol. The number of carbonyl (C=O) groups excluding carboxylic acids is 3. The minimum Gasteiger partial charge on any atom is -0.507 e. The Labute approximate surface area is 291 Å². The van der Waals surface area contributed by atoms with Crippen LogP contribution in [0.1, 0.15) is 139 Å². The van der Waals surface area contributed by atoms with E-state index in [2.05, 4.69) is 19.2 Å². The maximum Gasteiger partial charge on any atom is 0.340 e. The number of carboxylic acids is 1. The first kappa shape index (κ1) is 40.6. The third kappa shape index (κ3) is 8.55. The van der Waals surface area contributed by atoms with Crippen LogP contribution in [-0.4, -0.2) is 79.5 Å². The summed E-state index contributed by atoms with van der Waals surface area (Å²) in [5.41, 5.74) is -2.01. The first-order chi connectivity index (χ1) is 22.9. The van der Waals surface area contributed by atoms with Gasteiger partial charge in [-0.15, -0.1) is 0 Å². The largest absolute Gasteiger partial charge is 0.507 e. The van der Waals surface area contributed by atoms with Crippen molar-refractivity contribution in [2.24, 2.45) is 23.7 Å². The maximum absolute atomic E-state index is 14.0. The van der Waals surface area contributed by atoms with E-state index >= 15 is 0 Å². The molecule has 11 heteroatoms. The first-order valence-electron chi connectivity index (χ1n) is 18.1. The van der Waals surface area contributed by atoms with Crippen LogP contribution in [0.25, 0.3) is 0 Å². The van der Waals surface area contributed by atoms with E-state index in [9.17, 15) is 39.6 Å². The van der Waals surface area contributed by atoms with Gasteiger partial charge in [-0.1, -0.05) is 41.5 Å². The molecular formula is C38H59NO10. The Hall–Kier alpha value is -2.86. The van der Waals surface area contributed by atoms with Gasteiger partial charge in [0, 0.05) is 25.2 Å². The summed E-state index contributed by atoms with van der Waals surface area (Å²) >= 11 is 0. The van der Waals surface area contributed by atoms with Crippen LogP contribution in [0.3, 0.4) is 0 Å². The number of anilines is 1. The number of phenols is 1. The van der Waals surface area contributed by atoms with Gasteiger partial charge in [0.15, 0.2) is 5.78 Å². The third-order valence-electron chi connectivity index (χ3n) is 11.5. The van der Waals surface area contributed by atoms with Gasteiger partial charge in [-0.3, -0.25) is 14.4 Å². The number of aromatic carboxylic acids is 1. The number of Topliss-reactive ketones (excluding diaryl/α,β-unsaturated/α-hetero) is 2. The van der Waals surface area contributed by atoms with Gasteiger partial charge in [-0.25, -0.2) is 4.79 Å². The molecule has 0 bridgehead atoms. The highest BCUT2D eigenvalue weighted by molar-refractivity contribution is 6.13. The van der Waals surface area contributed by atoms with Crippen molar-refractivity contribution in [1.82, 2.24) is 0 Å². The molecule has 11 nitrogen and oxygen atoms in total. The normalized spacial score (nSPS) is 29.5. The van der Waals surface area contributed by atoms with Gasteiger partial charge >= 0.3 is 5.97 Å². The molecule has 5 N–H and O–H groups in total. The quantitative estimate of drug-likeness (QED) is 0.0988. The molecule has 2 heterocycles. The lowest BCUT2D eigenvalue weighted by molar-refractivity contribution is -0.229. The topological polar surface area (TPSA) is 180 Å². The number of amides is 1. The van der Waals surface area contributed by atoms with E-state index in [1.54, 1.807) is 6.92 Å². The number of aryl methyl sites for hydroxylation is 1. The Morgan fingerprint density at radius 3 is 2.27 bits per heavy atom. The van der Waals surface area contributed by atoms with Gasteiger partial charge in [-0.2, -0.15) is 0 Å². The molecule has 1 aromatic rings. The average Bonchev–Trinajstić information content (AvgIpc) is 3.39. The number of carbonyl (C=O) groups is 4. The van der Waals surface area contributed by atoms with E-state index in [1.165, 1.54) is 19.9 Å². The van der Waals surface area contributed by atoms with Gasteiger partial charge in [0.2, 0.25) is 5.91 Å². The zero-order chi connectivity index (χ0) is 37.0. The fourth-order valence-electron chi connectivity index (χ4n) is 8.18. The second-order valence-electron chi connectivity index (χ2n) is 14.8. The molecule has 2 fully saturated rings. The van der Waals surface area contributed by atoms with Crippen LogP contribution in [0.5, 0.6) is 5.75 Å². The summed E-state index contributed by atoms with van der Waals surface area (Å²) in [6, 6.07) is 1.37. The maximum atomic E-state index is 14.0. The summed E-state index contributed by atoms with van der Waals surface area (Å²) < 4.78 is 13.3. The summed E-state index contributed by atoms with van der Waals surface area (Å²) in [6.07, 6.45) is 2.70. The number of aliphatic hydroxyl groups excluding tert-OH is 1. The van der Waals surface area contributed by atoms with Crippen molar-refractivity contribution in [2.75, 3.05) is 5.32 Å². The van der Waals surface area contributed by atoms with Crippen molar-refractivity contribution in [3.8, 4) is 5.75 Å². The summed E-state index contributed by atoms with van der Waals surface area (Å²) in [5.74, 6) is -4.51. The lowest BCUT2D eigenvalue weighted by Crippen LogP contribution is -2.55. The van der Waals surface area contributed by atoms with E-state index in [4.69, 9.17) is 9.47 Å². The molecule has 2 aliphatic heterocycles. The summed E-state index contributed by atoms with van der Waals surface area (Å²) in [4.78, 5) is 51.1. The molecule has 276 valence electrons. The molecule has 2 aliphatic rings. The number of aromatic hydroxyl groups is 1. The predicted octanol–water partition coefficient (Wildman–Crippen LogP) is 6.22. The predicted molar refractivity (Wildman–Crippen MR) is 186 cm³/mol. The fraction of sp³-hybridized carbons (Fsp3) is 0.737. The number of benzene rings is 1. The lowest BCUT2D eigenvalue weighted by atomic mass is 9.76. The summed E-state index contributed by atoms with van der Waals surface area (Å²) in [7, 11) is 0. The SMILES string of the molecule is CCC(C(=O)C(C)C(O)C(C)CCCC(=O)c1c(NC(C)=O)cc(C)c(O)c1C(=O)O)C1OC(CC)(C2CCC(O)(CC)C(C)O2)CC1C. The van der Waals surface area contributed by atoms with Crippen LogP contribution in [-0.2, 0) is 19.1 Å². The van der Waals surface area contributed by atoms with E-state index in [0.29, 0.717) is 32.1 Å². The number of hydrogen-bond acceptors (Lipinski definition) is 9. The number of nitrogens with one attached hydrogen (secondary N) is 1. The van der Waals surface area contributed by atoms with Gasteiger partial charge in [0.25, 0.3) is 0 Å². The van der Waals surface area contributed by atoms with Crippen molar-refractivity contribution in [3.05, 3.63) is 22.8 Å². The zero-order valence-electron chi connectivity index (χ0n) is 30.8. The smallest absolute Gasteiger partial charge is 0.340 e. The number of carboxylic acid groups (broad SMARTS) is 1. The molecule has 10 unspecified atom stereocenters. The Kier molecular flexibility index (Phi) is 13.6. The Morgan fingerprint density at radius 2 is 1.73 bits per heavy atom.